The molecule has 4 aliphatic rings. The Balaban J connectivity index is 1.06. The lowest BCUT2D eigenvalue weighted by Gasteiger charge is -2.62. The van der Waals surface area contributed by atoms with E-state index in [1.807, 2.05) is 42.5 Å². The van der Waals surface area contributed by atoms with Gasteiger partial charge in [-0.25, -0.2) is 9.59 Å². The Bertz CT molecular complexity index is 1810. The van der Waals surface area contributed by atoms with Gasteiger partial charge in [-0.1, -0.05) is 63.2 Å². The van der Waals surface area contributed by atoms with E-state index >= 15 is 0 Å². The molecule has 7 rings (SSSR count). The standard InChI is InChI=1S/C47H59NO8/c1-30(14-19-42(49)54-29-31-10-7-6-8-11-31)38-17-18-39-37-16-15-35-27-36(55-44(51)33-12-9-13-34(26-33)45(52-4)53-5)20-23-46(35,2)40(37)28-41(47(38,39)3)56-43(50)32-21-24-48-25-22-32/h6-13,21-22,24-26,30,35-41,45H,14-20,23,27-29H2,1-5H3/t30-,35-,36-,37+,38-,39+,40+,41+,46+,47-/m1/s1. The first-order valence-electron chi connectivity index (χ1n) is 20.7. The molecule has 300 valence electrons. The van der Waals surface area contributed by atoms with E-state index in [9.17, 15) is 14.4 Å². The third-order valence-electron chi connectivity index (χ3n) is 14.8. The lowest BCUT2D eigenvalue weighted by molar-refractivity contribution is -0.176. The van der Waals surface area contributed by atoms with Crippen LogP contribution in [0.3, 0.4) is 0 Å². The molecule has 10 atom stereocenters. The third-order valence-corrected chi connectivity index (χ3v) is 14.8. The molecule has 1 heterocycles. The third kappa shape index (κ3) is 8.04. The van der Waals surface area contributed by atoms with Crippen LogP contribution in [-0.4, -0.2) is 49.3 Å². The van der Waals surface area contributed by atoms with Gasteiger partial charge in [-0.15, -0.1) is 0 Å². The normalized spacial score (nSPS) is 31.4. The molecule has 9 heteroatoms. The van der Waals surface area contributed by atoms with Gasteiger partial charge in [0.1, 0.15) is 18.8 Å². The Labute approximate surface area is 332 Å². The van der Waals surface area contributed by atoms with Crippen molar-refractivity contribution in [3.8, 4) is 0 Å². The molecule has 0 bridgehead atoms. The maximum atomic E-state index is 13.8. The Morgan fingerprint density at radius 3 is 2.30 bits per heavy atom. The highest BCUT2D eigenvalue weighted by atomic mass is 16.7. The van der Waals surface area contributed by atoms with Gasteiger partial charge in [-0.2, -0.15) is 0 Å². The summed E-state index contributed by atoms with van der Waals surface area (Å²) in [4.78, 5) is 44.3. The highest BCUT2D eigenvalue weighted by Crippen LogP contribution is 2.69. The fourth-order valence-corrected chi connectivity index (χ4v) is 11.8. The van der Waals surface area contributed by atoms with Gasteiger partial charge in [-0.3, -0.25) is 9.78 Å². The van der Waals surface area contributed by atoms with Crippen LogP contribution in [0.5, 0.6) is 0 Å². The Hall–Kier alpha value is -4.08. The van der Waals surface area contributed by atoms with Crippen LogP contribution < -0.4 is 0 Å². The number of nitrogens with zero attached hydrogens (tertiary/aromatic N) is 1. The number of benzene rings is 2. The van der Waals surface area contributed by atoms with E-state index in [0.29, 0.717) is 47.1 Å². The van der Waals surface area contributed by atoms with E-state index in [0.717, 1.165) is 68.9 Å². The van der Waals surface area contributed by atoms with E-state index in [1.54, 1.807) is 50.9 Å². The first-order valence-corrected chi connectivity index (χ1v) is 20.7. The van der Waals surface area contributed by atoms with Crippen molar-refractivity contribution in [2.75, 3.05) is 14.2 Å². The van der Waals surface area contributed by atoms with Crippen LogP contribution in [0, 0.1) is 46.3 Å². The molecular formula is C47H59NO8. The maximum absolute atomic E-state index is 13.8. The molecule has 56 heavy (non-hydrogen) atoms. The molecule has 0 aliphatic heterocycles. The summed E-state index contributed by atoms with van der Waals surface area (Å²) in [5.41, 5.74) is 2.60. The second kappa shape index (κ2) is 17.2. The summed E-state index contributed by atoms with van der Waals surface area (Å²) < 4.78 is 29.3. The summed E-state index contributed by atoms with van der Waals surface area (Å²) >= 11 is 0. The van der Waals surface area contributed by atoms with Crippen LogP contribution in [0.15, 0.2) is 79.1 Å². The number of hydrogen-bond donors (Lipinski definition) is 0. The van der Waals surface area contributed by atoms with Crippen molar-refractivity contribution in [3.63, 3.8) is 0 Å². The van der Waals surface area contributed by atoms with Gasteiger partial charge in [0.2, 0.25) is 0 Å². The van der Waals surface area contributed by atoms with E-state index in [4.69, 9.17) is 23.7 Å². The summed E-state index contributed by atoms with van der Waals surface area (Å²) in [6, 6.07) is 20.5. The van der Waals surface area contributed by atoms with Crippen molar-refractivity contribution in [1.29, 1.82) is 0 Å². The number of carbonyl (C=O) groups is 3. The number of esters is 3. The van der Waals surface area contributed by atoms with Gasteiger partial charge < -0.3 is 23.7 Å². The quantitative estimate of drug-likeness (QED) is 0.0955. The monoisotopic (exact) mass is 765 g/mol. The number of aromatic nitrogens is 1. The molecule has 9 nitrogen and oxygen atoms in total. The Morgan fingerprint density at radius 1 is 0.804 bits per heavy atom. The summed E-state index contributed by atoms with van der Waals surface area (Å²) in [5, 5.41) is 0. The van der Waals surface area contributed by atoms with Crippen LogP contribution in [0.1, 0.15) is 123 Å². The Kier molecular flexibility index (Phi) is 12.3. The zero-order valence-electron chi connectivity index (χ0n) is 33.7. The highest BCUT2D eigenvalue weighted by Gasteiger charge is 2.65. The van der Waals surface area contributed by atoms with Crippen molar-refractivity contribution in [3.05, 3.63) is 101 Å². The highest BCUT2D eigenvalue weighted by molar-refractivity contribution is 5.90. The van der Waals surface area contributed by atoms with E-state index in [1.165, 1.54) is 0 Å². The second-order valence-corrected chi connectivity index (χ2v) is 17.5. The molecule has 0 N–H and O–H groups in total. The number of hydrogen-bond acceptors (Lipinski definition) is 9. The largest absolute Gasteiger partial charge is 0.461 e. The van der Waals surface area contributed by atoms with E-state index in [-0.39, 0.29) is 53.5 Å². The molecule has 2 aromatic carbocycles. The average Bonchev–Trinajstić information content (AvgIpc) is 3.59. The van der Waals surface area contributed by atoms with Gasteiger partial charge in [0.15, 0.2) is 6.29 Å². The summed E-state index contributed by atoms with van der Waals surface area (Å²) in [7, 11) is 3.15. The molecule has 0 radical (unpaired) electrons. The minimum Gasteiger partial charge on any atom is -0.461 e. The molecule has 4 fully saturated rings. The smallest absolute Gasteiger partial charge is 0.338 e. The van der Waals surface area contributed by atoms with Crippen molar-refractivity contribution >= 4 is 17.9 Å². The fraction of sp³-hybridized carbons (Fsp3) is 0.574. The predicted octanol–water partition coefficient (Wildman–Crippen LogP) is 9.55. The molecular weight excluding hydrogens is 707 g/mol. The summed E-state index contributed by atoms with van der Waals surface area (Å²) in [6.45, 7) is 7.42. The maximum Gasteiger partial charge on any atom is 0.338 e. The lowest BCUT2D eigenvalue weighted by atomic mass is 9.43. The van der Waals surface area contributed by atoms with Gasteiger partial charge in [0, 0.05) is 44.0 Å². The summed E-state index contributed by atoms with van der Waals surface area (Å²) in [6.07, 6.45) is 11.3. The minimum absolute atomic E-state index is 0.0464. The number of ether oxygens (including phenoxy) is 5. The average molecular weight is 766 g/mol. The van der Waals surface area contributed by atoms with Crippen LogP contribution in [0.25, 0.3) is 0 Å². The van der Waals surface area contributed by atoms with Crippen molar-refractivity contribution in [2.24, 2.45) is 46.3 Å². The molecule has 0 saturated heterocycles. The van der Waals surface area contributed by atoms with Crippen molar-refractivity contribution in [1.82, 2.24) is 4.98 Å². The fourth-order valence-electron chi connectivity index (χ4n) is 11.8. The minimum atomic E-state index is -0.550. The molecule has 4 saturated carbocycles. The van der Waals surface area contributed by atoms with Crippen molar-refractivity contribution < 1.29 is 38.1 Å². The molecule has 1 aromatic heterocycles. The van der Waals surface area contributed by atoms with Crippen molar-refractivity contribution in [2.45, 2.75) is 110 Å². The Morgan fingerprint density at radius 2 is 1.55 bits per heavy atom. The lowest BCUT2D eigenvalue weighted by Crippen LogP contribution is -2.59. The zero-order valence-corrected chi connectivity index (χ0v) is 33.7. The first kappa shape index (κ1) is 40.1. The van der Waals surface area contributed by atoms with Gasteiger partial charge in [-0.05, 0) is 129 Å². The molecule has 4 aliphatic carbocycles. The van der Waals surface area contributed by atoms with Crippen LogP contribution in [0.2, 0.25) is 0 Å². The van der Waals surface area contributed by atoms with Crippen LogP contribution in [0.4, 0.5) is 0 Å². The predicted molar refractivity (Wildman–Crippen MR) is 211 cm³/mol. The zero-order chi connectivity index (χ0) is 39.5. The second-order valence-electron chi connectivity index (χ2n) is 17.5. The van der Waals surface area contributed by atoms with E-state index < -0.39 is 6.29 Å². The molecule has 0 amide bonds. The number of carbonyl (C=O) groups excluding carboxylic acids is 3. The number of methoxy groups -OCH3 is 2. The molecule has 0 spiro atoms. The van der Waals surface area contributed by atoms with E-state index in [2.05, 4.69) is 25.8 Å². The van der Waals surface area contributed by atoms with Crippen LogP contribution in [-0.2, 0) is 35.1 Å². The summed E-state index contributed by atoms with van der Waals surface area (Å²) in [5.74, 6) is 1.55. The topological polar surface area (TPSA) is 110 Å². The van der Waals surface area contributed by atoms with Gasteiger partial charge >= 0.3 is 17.9 Å². The first-order chi connectivity index (χ1) is 27.0. The van der Waals surface area contributed by atoms with Crippen LogP contribution >= 0.6 is 0 Å². The van der Waals surface area contributed by atoms with Gasteiger partial charge in [0.25, 0.3) is 0 Å². The molecule has 0 unspecified atom stereocenters. The number of rotatable bonds is 13. The molecule has 3 aromatic rings. The number of fused-ring (bicyclic) bond motifs is 5. The number of pyridine rings is 1. The SMILES string of the molecule is COC(OC)c1cccc(C(=O)O[C@@H]2CC[C@@]3(C)[C@H](CC[C@@H]4[C@@H]3C[C@H](OC(=O)c3ccncc3)[C@]3(C)[C@@H]([C@H](C)CCC(=O)OCc5ccccc5)CC[C@@H]43)C2)c1. The van der Waals surface area contributed by atoms with Gasteiger partial charge in [0.05, 0.1) is 11.1 Å².